The minimum Gasteiger partial charge on any atom is -0.334 e. The summed E-state index contributed by atoms with van der Waals surface area (Å²) < 4.78 is 70.0. The summed E-state index contributed by atoms with van der Waals surface area (Å²) in [6, 6.07) is 9.98. The highest BCUT2D eigenvalue weighted by Crippen LogP contribution is 2.37. The van der Waals surface area contributed by atoms with Crippen molar-refractivity contribution in [2.75, 3.05) is 7.05 Å². The molecule has 0 spiro atoms. The minimum absolute atomic E-state index is 0.0994. The third-order valence-electron chi connectivity index (χ3n) is 6.20. The predicted octanol–water partition coefficient (Wildman–Crippen LogP) is 5.15. The van der Waals surface area contributed by atoms with Crippen molar-refractivity contribution in [2.24, 2.45) is 0 Å². The van der Waals surface area contributed by atoms with Crippen molar-refractivity contribution in [1.29, 1.82) is 0 Å². The molecule has 4 aromatic rings. The van der Waals surface area contributed by atoms with E-state index in [0.717, 1.165) is 25.0 Å². The number of alkyl halides is 3. The number of sulfonamides is 1. The molecule has 1 aliphatic carbocycles. The van der Waals surface area contributed by atoms with Crippen molar-refractivity contribution < 1.29 is 21.6 Å². The highest BCUT2D eigenvalue weighted by molar-refractivity contribution is 7.89. The first-order chi connectivity index (χ1) is 15.7. The number of nitrogens with zero attached hydrogens (tertiary/aromatic N) is 3. The summed E-state index contributed by atoms with van der Waals surface area (Å²) >= 11 is 0. The average molecular weight is 475 g/mol. The van der Waals surface area contributed by atoms with Gasteiger partial charge in [0.2, 0.25) is 10.0 Å². The number of hydrogen-bond acceptors (Lipinski definition) is 3. The van der Waals surface area contributed by atoms with Crippen molar-refractivity contribution in [3.63, 3.8) is 0 Å². The minimum atomic E-state index is -4.42. The van der Waals surface area contributed by atoms with Gasteiger partial charge in [0, 0.05) is 35.1 Å². The van der Waals surface area contributed by atoms with Crippen LogP contribution in [0, 0.1) is 0 Å². The molecular formula is C23H21F3N4O2S. The van der Waals surface area contributed by atoms with Crippen molar-refractivity contribution in [1.82, 2.24) is 18.8 Å². The Morgan fingerprint density at radius 3 is 2.39 bits per heavy atom. The molecule has 0 aliphatic heterocycles. The van der Waals surface area contributed by atoms with Crippen LogP contribution in [0.5, 0.6) is 0 Å². The average Bonchev–Trinajstić information content (AvgIpc) is 3.36. The van der Waals surface area contributed by atoms with Crippen LogP contribution in [-0.4, -0.2) is 29.6 Å². The van der Waals surface area contributed by atoms with Crippen LogP contribution < -0.4 is 4.72 Å². The summed E-state index contributed by atoms with van der Waals surface area (Å²) in [6.45, 7) is 0. The summed E-state index contributed by atoms with van der Waals surface area (Å²) in [4.78, 5) is 4.64. The Bertz CT molecular complexity index is 1430. The van der Waals surface area contributed by atoms with E-state index in [2.05, 4.69) is 14.3 Å². The number of fused-ring (bicyclic) bond motifs is 1. The third kappa shape index (κ3) is 3.83. The largest absolute Gasteiger partial charge is 0.416 e. The van der Waals surface area contributed by atoms with Gasteiger partial charge in [0.15, 0.2) is 0 Å². The monoisotopic (exact) mass is 474 g/mol. The molecule has 1 saturated carbocycles. The van der Waals surface area contributed by atoms with Crippen LogP contribution in [0.1, 0.15) is 30.9 Å². The van der Waals surface area contributed by atoms with E-state index in [9.17, 15) is 21.6 Å². The van der Waals surface area contributed by atoms with Crippen LogP contribution in [0.15, 0.2) is 66.1 Å². The Kier molecular flexibility index (Phi) is 5.09. The smallest absolute Gasteiger partial charge is 0.334 e. The molecule has 0 atom stereocenters. The lowest BCUT2D eigenvalue weighted by molar-refractivity contribution is -0.137. The van der Waals surface area contributed by atoms with Gasteiger partial charge in [-0.05, 0) is 68.8 Å². The summed E-state index contributed by atoms with van der Waals surface area (Å²) in [7, 11) is -2.34. The number of imidazole rings is 1. The third-order valence-corrected chi connectivity index (χ3v) is 7.61. The van der Waals surface area contributed by atoms with Crippen LogP contribution in [-0.2, 0) is 16.2 Å². The van der Waals surface area contributed by atoms with E-state index in [1.165, 1.54) is 31.7 Å². The standard InChI is InChI=1S/C23H21F3N4O2S/c1-27-33(31,32)18-9-10-22-19(11-18)20(21-13-29(14-28-21)16-3-2-4-16)12-30(22)17-7-5-15(6-8-17)23(24,25)26/h5-14,16,27H,2-4H2,1H3. The molecule has 0 saturated heterocycles. The van der Waals surface area contributed by atoms with Crippen molar-refractivity contribution in [3.8, 4) is 16.9 Å². The first-order valence-electron chi connectivity index (χ1n) is 10.5. The molecule has 2 heterocycles. The number of aromatic nitrogens is 3. The number of halogens is 3. The van der Waals surface area contributed by atoms with Crippen LogP contribution in [0.2, 0.25) is 0 Å². The maximum absolute atomic E-state index is 13.0. The lowest BCUT2D eigenvalue weighted by Crippen LogP contribution is -2.18. The SMILES string of the molecule is CNS(=O)(=O)c1ccc2c(c1)c(-c1cn(C3CCC3)cn1)cn2-c1ccc(C(F)(F)F)cc1. The van der Waals surface area contributed by atoms with Gasteiger partial charge in [0.1, 0.15) is 0 Å². The van der Waals surface area contributed by atoms with E-state index in [-0.39, 0.29) is 4.90 Å². The Balaban J connectivity index is 1.68. The molecule has 6 nitrogen and oxygen atoms in total. The number of hydrogen-bond donors (Lipinski definition) is 1. The van der Waals surface area contributed by atoms with Crippen LogP contribution in [0.3, 0.4) is 0 Å². The lowest BCUT2D eigenvalue weighted by Gasteiger charge is -2.26. The maximum Gasteiger partial charge on any atom is 0.416 e. The second kappa shape index (κ2) is 7.74. The summed E-state index contributed by atoms with van der Waals surface area (Å²) in [5.41, 5.74) is 1.84. The zero-order chi connectivity index (χ0) is 23.4. The topological polar surface area (TPSA) is 68.9 Å². The fourth-order valence-electron chi connectivity index (χ4n) is 4.08. The number of nitrogens with one attached hydrogen (secondary N) is 1. The molecule has 2 aromatic heterocycles. The zero-order valence-corrected chi connectivity index (χ0v) is 18.5. The van der Waals surface area contributed by atoms with Crippen LogP contribution in [0.4, 0.5) is 13.2 Å². The Hall–Kier alpha value is -3.11. The molecular weight excluding hydrogens is 453 g/mol. The fraction of sp³-hybridized carbons (Fsp3) is 0.261. The number of rotatable bonds is 5. The van der Waals surface area contributed by atoms with Gasteiger partial charge in [-0.3, -0.25) is 0 Å². The fourth-order valence-corrected chi connectivity index (χ4v) is 4.84. The normalized spacial score (nSPS) is 15.2. The molecule has 0 bridgehead atoms. The second-order valence-electron chi connectivity index (χ2n) is 8.13. The van der Waals surface area contributed by atoms with Gasteiger partial charge in [-0.15, -0.1) is 0 Å². The van der Waals surface area contributed by atoms with Crippen molar-refractivity contribution >= 4 is 20.9 Å². The Labute approximate surface area is 188 Å². The van der Waals surface area contributed by atoms with E-state index in [0.29, 0.717) is 33.9 Å². The van der Waals surface area contributed by atoms with E-state index < -0.39 is 21.8 Å². The highest BCUT2D eigenvalue weighted by Gasteiger charge is 2.30. The molecule has 1 aliphatic rings. The van der Waals surface area contributed by atoms with Crippen molar-refractivity contribution in [2.45, 2.75) is 36.4 Å². The summed E-state index contributed by atoms with van der Waals surface area (Å²) in [5.74, 6) is 0. The first kappa shape index (κ1) is 21.7. The lowest BCUT2D eigenvalue weighted by atomic mass is 9.93. The number of benzene rings is 2. The molecule has 0 radical (unpaired) electrons. The van der Waals surface area contributed by atoms with Crippen molar-refractivity contribution in [3.05, 3.63) is 66.7 Å². The zero-order valence-electron chi connectivity index (χ0n) is 17.7. The van der Waals surface area contributed by atoms with E-state index in [1.807, 2.05) is 6.20 Å². The summed E-state index contributed by atoms with van der Waals surface area (Å²) in [5, 5.41) is 0.644. The van der Waals surface area contributed by atoms with Gasteiger partial charge < -0.3 is 9.13 Å². The molecule has 33 heavy (non-hydrogen) atoms. The molecule has 0 unspecified atom stereocenters. The van der Waals surface area contributed by atoms with E-state index in [1.54, 1.807) is 29.2 Å². The van der Waals surface area contributed by atoms with Gasteiger partial charge in [0.25, 0.3) is 0 Å². The van der Waals surface area contributed by atoms with Gasteiger partial charge >= 0.3 is 6.18 Å². The summed E-state index contributed by atoms with van der Waals surface area (Å²) in [6.07, 6.45) is 4.44. The van der Waals surface area contributed by atoms with Gasteiger partial charge in [-0.25, -0.2) is 18.1 Å². The second-order valence-corrected chi connectivity index (χ2v) is 10.0. The van der Waals surface area contributed by atoms with Gasteiger partial charge in [-0.2, -0.15) is 13.2 Å². The van der Waals surface area contributed by atoms with E-state index >= 15 is 0 Å². The first-order valence-corrected chi connectivity index (χ1v) is 12.0. The van der Waals surface area contributed by atoms with Crippen LogP contribution in [0.25, 0.3) is 27.8 Å². The quantitative estimate of drug-likeness (QED) is 0.435. The Morgan fingerprint density at radius 2 is 1.79 bits per heavy atom. The highest BCUT2D eigenvalue weighted by atomic mass is 32.2. The Morgan fingerprint density at radius 1 is 1.06 bits per heavy atom. The van der Waals surface area contributed by atoms with Crippen LogP contribution >= 0.6 is 0 Å². The maximum atomic E-state index is 13.0. The van der Waals surface area contributed by atoms with Gasteiger partial charge in [-0.1, -0.05) is 0 Å². The molecule has 10 heteroatoms. The molecule has 1 N–H and O–H groups in total. The predicted molar refractivity (Wildman–Crippen MR) is 119 cm³/mol. The van der Waals surface area contributed by atoms with Gasteiger partial charge in [0.05, 0.1) is 28.0 Å². The molecule has 172 valence electrons. The van der Waals surface area contributed by atoms with E-state index in [4.69, 9.17) is 0 Å². The molecule has 0 amide bonds. The molecule has 1 fully saturated rings. The molecule has 5 rings (SSSR count). The molecule has 2 aromatic carbocycles.